The van der Waals surface area contributed by atoms with Crippen LogP contribution >= 0.6 is 0 Å². The molecule has 84 heavy (non-hydrogen) atoms. The van der Waals surface area contributed by atoms with Crippen molar-refractivity contribution in [3.05, 3.63) is 283 Å². The molecule has 2 aliphatic carbocycles. The summed E-state index contributed by atoms with van der Waals surface area (Å²) in [6.07, 6.45) is 9.28. The maximum Gasteiger partial charge on any atom is 0.0466 e. The SMILES string of the molecule is Cc1cc(C)cc(N(c2cc(C)cc(C)c2)c2ccc3c(c2)C(C)(C)c2cc(C=Cc4ccc5ccc6c(C=Cc7ccc8c(c7)C(C)(C)c7cc(N(c9cc(C)cc(C)c9)c9cc(C)cc(C)c9)ccc7-8)ccc7ccc4c5c76)ccc2-3)c1. The van der Waals surface area contributed by atoms with Crippen LogP contribution in [0.25, 0.3) is 78.9 Å². The Hall–Kier alpha value is -9.24. The van der Waals surface area contributed by atoms with E-state index in [0.717, 1.165) is 0 Å². The average Bonchev–Trinajstić information content (AvgIpc) is 2.50. The molecule has 14 rings (SSSR count). The molecule has 0 unspecified atom stereocenters. The third-order valence-corrected chi connectivity index (χ3v) is 18.4. The van der Waals surface area contributed by atoms with Crippen molar-refractivity contribution < 1.29 is 0 Å². The Morgan fingerprint density at radius 1 is 0.262 bits per heavy atom. The van der Waals surface area contributed by atoms with Gasteiger partial charge in [-0.25, -0.2) is 0 Å². The molecule has 0 radical (unpaired) electrons. The van der Waals surface area contributed by atoms with Gasteiger partial charge in [-0.2, -0.15) is 0 Å². The molecule has 0 N–H and O–H groups in total. The van der Waals surface area contributed by atoms with Gasteiger partial charge in [-0.15, -0.1) is 0 Å². The molecule has 0 spiro atoms. The average molecular weight is 1090 g/mol. The van der Waals surface area contributed by atoms with Crippen molar-refractivity contribution in [2.75, 3.05) is 9.80 Å². The van der Waals surface area contributed by atoms with Crippen LogP contribution in [0.2, 0.25) is 0 Å². The Bertz CT molecular complexity index is 4280. The van der Waals surface area contributed by atoms with Gasteiger partial charge in [-0.05, 0) is 272 Å². The molecule has 0 amide bonds. The van der Waals surface area contributed by atoms with Crippen molar-refractivity contribution in [2.45, 2.75) is 93.9 Å². The maximum absolute atomic E-state index is 2.45. The minimum atomic E-state index is -0.194. The number of benzene rings is 12. The van der Waals surface area contributed by atoms with Crippen LogP contribution < -0.4 is 9.80 Å². The summed E-state index contributed by atoms with van der Waals surface area (Å²) in [5, 5.41) is 7.73. The van der Waals surface area contributed by atoms with Crippen molar-refractivity contribution in [3.63, 3.8) is 0 Å². The summed E-state index contributed by atoms with van der Waals surface area (Å²) in [4.78, 5) is 4.89. The third-order valence-electron chi connectivity index (χ3n) is 18.4. The zero-order valence-electron chi connectivity index (χ0n) is 50.7. The van der Waals surface area contributed by atoms with Gasteiger partial charge in [0.05, 0.1) is 0 Å². The largest absolute Gasteiger partial charge is 0.310 e. The van der Waals surface area contributed by atoms with Gasteiger partial charge in [0, 0.05) is 45.0 Å². The van der Waals surface area contributed by atoms with Crippen molar-refractivity contribution in [2.24, 2.45) is 0 Å². The van der Waals surface area contributed by atoms with Gasteiger partial charge in [0.25, 0.3) is 0 Å². The van der Waals surface area contributed by atoms with Crippen molar-refractivity contribution in [3.8, 4) is 22.3 Å². The molecule has 410 valence electrons. The van der Waals surface area contributed by atoms with E-state index in [1.54, 1.807) is 0 Å². The molecular weight excluding hydrogens is 1010 g/mol. The molecule has 12 aromatic carbocycles. The monoisotopic (exact) mass is 1080 g/mol. The van der Waals surface area contributed by atoms with E-state index >= 15 is 0 Å². The van der Waals surface area contributed by atoms with Crippen LogP contribution in [0, 0.1) is 55.4 Å². The summed E-state index contributed by atoms with van der Waals surface area (Å²) in [6, 6.07) is 74.4. The van der Waals surface area contributed by atoms with E-state index in [0.29, 0.717) is 0 Å². The highest BCUT2D eigenvalue weighted by atomic mass is 15.1. The van der Waals surface area contributed by atoms with Crippen LogP contribution in [-0.2, 0) is 10.8 Å². The summed E-state index contributed by atoms with van der Waals surface area (Å²) in [6.45, 7) is 27.2. The lowest BCUT2D eigenvalue weighted by atomic mass is 9.81. The first kappa shape index (κ1) is 52.8. The summed E-state index contributed by atoms with van der Waals surface area (Å²) in [5.41, 5.74) is 32.4. The highest BCUT2D eigenvalue weighted by Crippen LogP contribution is 2.53. The Kier molecular flexibility index (Phi) is 12.4. The normalized spacial score (nSPS) is 13.8. The minimum absolute atomic E-state index is 0.194. The Labute approximate surface area is 497 Å². The predicted octanol–water partition coefficient (Wildman–Crippen LogP) is 22.9. The van der Waals surface area contributed by atoms with Crippen LogP contribution in [0.4, 0.5) is 34.1 Å². The molecule has 2 aliphatic rings. The third kappa shape index (κ3) is 8.94. The zero-order valence-corrected chi connectivity index (χ0v) is 50.7. The fourth-order valence-electron chi connectivity index (χ4n) is 14.7. The van der Waals surface area contributed by atoms with Gasteiger partial charge in [0.2, 0.25) is 0 Å². The fourth-order valence-corrected chi connectivity index (χ4v) is 14.7. The van der Waals surface area contributed by atoms with Gasteiger partial charge < -0.3 is 9.80 Å². The Morgan fingerprint density at radius 2 is 0.548 bits per heavy atom. The molecule has 2 nitrogen and oxygen atoms in total. The molecule has 0 aliphatic heterocycles. The maximum atomic E-state index is 2.45. The number of nitrogens with zero attached hydrogens (tertiary/aromatic N) is 2. The lowest BCUT2D eigenvalue weighted by Crippen LogP contribution is -2.17. The molecule has 12 aromatic rings. The molecule has 0 fully saturated rings. The fraction of sp³-hybridized carbons (Fsp3) is 0.171. The van der Waals surface area contributed by atoms with Crippen LogP contribution in [0.15, 0.2) is 194 Å². The topological polar surface area (TPSA) is 6.48 Å². The molecule has 0 atom stereocenters. The van der Waals surface area contributed by atoms with E-state index in [9.17, 15) is 0 Å². The number of rotatable bonds is 10. The molecule has 2 heteroatoms. The van der Waals surface area contributed by atoms with E-state index in [4.69, 9.17) is 0 Å². The Morgan fingerprint density at radius 3 is 0.869 bits per heavy atom. The van der Waals surface area contributed by atoms with Crippen molar-refractivity contribution >= 4 is 90.7 Å². The van der Waals surface area contributed by atoms with Crippen LogP contribution in [-0.4, -0.2) is 0 Å². The number of anilines is 6. The zero-order chi connectivity index (χ0) is 58.1. The molecule has 0 saturated heterocycles. The van der Waals surface area contributed by atoms with E-state index < -0.39 is 0 Å². The lowest BCUT2D eigenvalue weighted by molar-refractivity contribution is 0.660. The van der Waals surface area contributed by atoms with Gasteiger partial charge in [0.1, 0.15) is 0 Å². The van der Waals surface area contributed by atoms with Gasteiger partial charge >= 0.3 is 0 Å². The van der Waals surface area contributed by atoms with E-state index in [1.165, 1.54) is 178 Å². The minimum Gasteiger partial charge on any atom is -0.310 e. The Balaban J connectivity index is 0.756. The number of hydrogen-bond acceptors (Lipinski definition) is 2. The van der Waals surface area contributed by atoms with E-state index in [-0.39, 0.29) is 10.8 Å². The van der Waals surface area contributed by atoms with E-state index in [1.807, 2.05) is 0 Å². The van der Waals surface area contributed by atoms with E-state index in [2.05, 4.69) is 311 Å². The summed E-state index contributed by atoms with van der Waals surface area (Å²) >= 11 is 0. The summed E-state index contributed by atoms with van der Waals surface area (Å²) in [5.74, 6) is 0. The predicted molar refractivity (Wildman–Crippen MR) is 363 cm³/mol. The van der Waals surface area contributed by atoms with Gasteiger partial charge in [0.15, 0.2) is 0 Å². The first-order valence-corrected chi connectivity index (χ1v) is 29.9. The highest BCUT2D eigenvalue weighted by Gasteiger charge is 2.38. The first-order valence-electron chi connectivity index (χ1n) is 29.9. The smallest absolute Gasteiger partial charge is 0.0466 e. The van der Waals surface area contributed by atoms with Gasteiger partial charge in [-0.3, -0.25) is 0 Å². The second-order valence-electron chi connectivity index (χ2n) is 25.8. The molecule has 0 bridgehead atoms. The van der Waals surface area contributed by atoms with Crippen molar-refractivity contribution in [1.82, 2.24) is 0 Å². The van der Waals surface area contributed by atoms with Gasteiger partial charge in [-0.1, -0.05) is 173 Å². The summed E-state index contributed by atoms with van der Waals surface area (Å²) in [7, 11) is 0. The van der Waals surface area contributed by atoms with Crippen molar-refractivity contribution in [1.29, 1.82) is 0 Å². The number of fused-ring (bicyclic) bond motifs is 6. The van der Waals surface area contributed by atoms with Crippen LogP contribution in [0.3, 0.4) is 0 Å². The van der Waals surface area contributed by atoms with Crippen LogP contribution in [0.5, 0.6) is 0 Å². The quantitative estimate of drug-likeness (QED) is 0.0995. The standard InChI is InChI=1S/C82H72N2/c1-49-33-50(2)38-65(37-49)83(66-39-51(3)34-52(4)40-66)63-25-31-73-71-27-15-57(45-75(71)81(9,10)77(73)47-63)13-17-59-19-21-61-24-30-70-60(20-22-62-23-29-69(59)79(61)80(62)70)18-14-58-16-28-72-74-32-26-64(48-78(74)82(11,12)76(72)46-58)84(67-41-53(5)35-54(6)42-67)68-43-55(7)36-56(8)44-68/h13-48H,1-12H3. The molecule has 0 heterocycles. The summed E-state index contributed by atoms with van der Waals surface area (Å²) < 4.78 is 0. The number of aryl methyl sites for hydroxylation is 8. The first-order chi connectivity index (χ1) is 40.3. The highest BCUT2D eigenvalue weighted by molar-refractivity contribution is 6.25. The van der Waals surface area contributed by atoms with Crippen LogP contribution in [0.1, 0.15) is 117 Å². The second kappa shape index (κ2) is 19.7. The molecule has 0 aromatic heterocycles. The molecular formula is C82H72N2. The molecule has 0 saturated carbocycles. The second-order valence-corrected chi connectivity index (χ2v) is 25.8. The number of hydrogen-bond donors (Lipinski definition) is 0. The lowest BCUT2D eigenvalue weighted by Gasteiger charge is -2.29.